The van der Waals surface area contributed by atoms with E-state index in [0.29, 0.717) is 17.4 Å². The molecular formula is C31H42N2O2. The van der Waals surface area contributed by atoms with Crippen molar-refractivity contribution in [2.45, 2.75) is 77.7 Å². The Bertz CT molecular complexity index is 1050. The summed E-state index contributed by atoms with van der Waals surface area (Å²) in [4.78, 5) is 18.6. The van der Waals surface area contributed by atoms with Crippen LogP contribution < -0.4 is 0 Å². The maximum atomic E-state index is 11.7. The molecule has 0 spiro atoms. The molecule has 0 radical (unpaired) electrons. The first-order valence-corrected chi connectivity index (χ1v) is 14.0. The Balaban J connectivity index is 1.22. The van der Waals surface area contributed by atoms with E-state index in [1.54, 1.807) is 11.1 Å². The zero-order valence-electron chi connectivity index (χ0n) is 21.7. The maximum Gasteiger partial charge on any atom is 0.306 e. The second-order valence-electron chi connectivity index (χ2n) is 12.9. The molecule has 3 fully saturated rings. The standard InChI is InChI=1S/C31H42N2O2/c1-30-13-10-20(28-18-21(29(34)35)12-16-33(28)3)17-23(30)6-7-24-26-9-8-25(22-5-4-15-32-19-22)31(26,2)14-11-27(24)30/h4-6,8,15,19-21,24,26-28H,7,9-14,16-18H2,1-3H3,(H,34,35)/t20-,21?,24-,26-,27-,28?,30-,31+/m0/s1. The smallest absolute Gasteiger partial charge is 0.306 e. The van der Waals surface area contributed by atoms with Crippen LogP contribution in [0.2, 0.25) is 0 Å². The summed E-state index contributed by atoms with van der Waals surface area (Å²) in [5.41, 5.74) is 5.19. The van der Waals surface area contributed by atoms with E-state index >= 15 is 0 Å². The molecule has 1 saturated heterocycles. The van der Waals surface area contributed by atoms with Gasteiger partial charge in [-0.15, -0.1) is 0 Å². The quantitative estimate of drug-likeness (QED) is 0.512. The number of hydrogen-bond donors (Lipinski definition) is 1. The van der Waals surface area contributed by atoms with Crippen LogP contribution in [0.15, 0.2) is 42.3 Å². The lowest BCUT2D eigenvalue weighted by Gasteiger charge is -2.58. The van der Waals surface area contributed by atoms with Crippen LogP contribution >= 0.6 is 0 Å². The SMILES string of the molecule is CN1CCC(C(=O)O)CC1[C@H]1CC[C@@]2(C)C(=CC[C@@H]3[C@@H]2CC[C@]2(C)C(c4cccnc4)=CC[C@@H]32)C1. The molecule has 2 heterocycles. The number of piperidine rings is 1. The molecule has 4 aliphatic carbocycles. The Kier molecular flexibility index (Phi) is 5.75. The topological polar surface area (TPSA) is 53.4 Å². The van der Waals surface area contributed by atoms with E-state index in [9.17, 15) is 9.90 Å². The van der Waals surface area contributed by atoms with E-state index in [4.69, 9.17) is 0 Å². The lowest BCUT2D eigenvalue weighted by atomic mass is 9.46. The van der Waals surface area contributed by atoms with Crippen molar-refractivity contribution < 1.29 is 9.90 Å². The molecule has 188 valence electrons. The summed E-state index contributed by atoms with van der Waals surface area (Å²) in [5.74, 6) is 2.16. The van der Waals surface area contributed by atoms with E-state index < -0.39 is 5.97 Å². The zero-order chi connectivity index (χ0) is 24.4. The number of fused-ring (bicyclic) bond motifs is 5. The molecule has 0 bridgehead atoms. The third kappa shape index (κ3) is 3.65. The van der Waals surface area contributed by atoms with Gasteiger partial charge in [-0.25, -0.2) is 0 Å². The first-order valence-electron chi connectivity index (χ1n) is 14.0. The van der Waals surface area contributed by atoms with Crippen molar-refractivity contribution in [2.24, 2.45) is 40.4 Å². The highest BCUT2D eigenvalue weighted by Crippen LogP contribution is 2.66. The third-order valence-corrected chi connectivity index (χ3v) is 11.5. The van der Waals surface area contributed by atoms with E-state index in [1.807, 2.05) is 6.20 Å². The Morgan fingerprint density at radius 2 is 1.91 bits per heavy atom. The predicted octanol–water partition coefficient (Wildman–Crippen LogP) is 6.45. The van der Waals surface area contributed by atoms with Crippen molar-refractivity contribution in [3.63, 3.8) is 0 Å². The number of rotatable bonds is 3. The predicted molar refractivity (Wildman–Crippen MR) is 140 cm³/mol. The summed E-state index contributed by atoms with van der Waals surface area (Å²) in [6.45, 7) is 6.05. The van der Waals surface area contributed by atoms with Crippen molar-refractivity contribution in [2.75, 3.05) is 13.6 Å². The number of likely N-dealkylation sites (tertiary alicyclic amines) is 1. The van der Waals surface area contributed by atoms with Gasteiger partial charge in [0.15, 0.2) is 0 Å². The number of aliphatic carboxylic acids is 1. The summed E-state index contributed by atoms with van der Waals surface area (Å²) >= 11 is 0. The normalized spacial score (nSPS) is 43.4. The molecule has 1 aromatic rings. The summed E-state index contributed by atoms with van der Waals surface area (Å²) in [6.07, 6.45) is 19.5. The Morgan fingerprint density at radius 3 is 2.69 bits per heavy atom. The summed E-state index contributed by atoms with van der Waals surface area (Å²) < 4.78 is 0. The lowest BCUT2D eigenvalue weighted by molar-refractivity contribution is -0.144. The average molecular weight is 475 g/mol. The van der Waals surface area contributed by atoms with Crippen molar-refractivity contribution in [1.82, 2.24) is 9.88 Å². The Morgan fingerprint density at radius 1 is 1.09 bits per heavy atom. The van der Waals surface area contributed by atoms with Crippen molar-refractivity contribution in [3.8, 4) is 0 Å². The number of hydrogen-bond acceptors (Lipinski definition) is 3. The monoisotopic (exact) mass is 474 g/mol. The molecule has 0 aromatic carbocycles. The lowest BCUT2D eigenvalue weighted by Crippen LogP contribution is -2.52. The van der Waals surface area contributed by atoms with Gasteiger partial charge in [-0.1, -0.05) is 37.6 Å². The minimum absolute atomic E-state index is 0.158. The largest absolute Gasteiger partial charge is 0.481 e. The highest BCUT2D eigenvalue weighted by Gasteiger charge is 2.57. The molecule has 1 aromatic heterocycles. The highest BCUT2D eigenvalue weighted by atomic mass is 16.4. The van der Waals surface area contributed by atoms with E-state index in [0.717, 1.165) is 37.1 Å². The highest BCUT2D eigenvalue weighted by molar-refractivity contribution is 5.72. The van der Waals surface area contributed by atoms with Gasteiger partial charge in [-0.05, 0) is 123 Å². The van der Waals surface area contributed by atoms with Gasteiger partial charge in [-0.2, -0.15) is 0 Å². The van der Waals surface area contributed by atoms with Gasteiger partial charge in [0.2, 0.25) is 0 Å². The van der Waals surface area contributed by atoms with Gasteiger partial charge in [0.1, 0.15) is 0 Å². The number of aromatic nitrogens is 1. The van der Waals surface area contributed by atoms with E-state index in [2.05, 4.69) is 61.3 Å². The molecule has 8 atom stereocenters. The minimum atomic E-state index is -0.593. The molecule has 2 unspecified atom stereocenters. The van der Waals surface area contributed by atoms with E-state index in [1.165, 1.54) is 50.5 Å². The summed E-state index contributed by atoms with van der Waals surface area (Å²) in [7, 11) is 2.22. The molecule has 35 heavy (non-hydrogen) atoms. The van der Waals surface area contributed by atoms with Crippen LogP contribution in [0.25, 0.3) is 5.57 Å². The Hall–Kier alpha value is -1.94. The van der Waals surface area contributed by atoms with Crippen molar-refractivity contribution >= 4 is 11.5 Å². The fourth-order valence-electron chi connectivity index (χ4n) is 9.45. The molecule has 5 aliphatic rings. The molecule has 1 N–H and O–H groups in total. The summed E-state index contributed by atoms with van der Waals surface area (Å²) in [5, 5.41) is 9.65. The maximum absolute atomic E-state index is 11.7. The minimum Gasteiger partial charge on any atom is -0.481 e. The van der Waals surface area contributed by atoms with Crippen LogP contribution in [0.3, 0.4) is 0 Å². The number of carboxylic acids is 1. The van der Waals surface area contributed by atoms with Crippen LogP contribution in [0.1, 0.15) is 77.2 Å². The summed E-state index contributed by atoms with van der Waals surface area (Å²) in [6, 6.07) is 4.75. The number of allylic oxidation sites excluding steroid dienone is 4. The number of carboxylic acid groups (broad SMARTS) is 1. The zero-order valence-corrected chi connectivity index (χ0v) is 21.7. The second-order valence-corrected chi connectivity index (χ2v) is 12.9. The van der Waals surface area contributed by atoms with Gasteiger partial charge < -0.3 is 10.0 Å². The van der Waals surface area contributed by atoms with Crippen LogP contribution in [-0.2, 0) is 4.79 Å². The van der Waals surface area contributed by atoms with Crippen LogP contribution in [-0.4, -0.2) is 40.6 Å². The fraction of sp³-hybridized carbons (Fsp3) is 0.677. The van der Waals surface area contributed by atoms with Crippen LogP contribution in [0.5, 0.6) is 0 Å². The van der Waals surface area contributed by atoms with Crippen molar-refractivity contribution in [1.29, 1.82) is 0 Å². The fourth-order valence-corrected chi connectivity index (χ4v) is 9.45. The van der Waals surface area contributed by atoms with Gasteiger partial charge in [-0.3, -0.25) is 9.78 Å². The van der Waals surface area contributed by atoms with Gasteiger partial charge in [0.05, 0.1) is 5.92 Å². The molecular weight excluding hydrogens is 432 g/mol. The van der Waals surface area contributed by atoms with Gasteiger partial charge in [0.25, 0.3) is 0 Å². The number of nitrogens with zero attached hydrogens (tertiary/aromatic N) is 2. The molecule has 0 amide bonds. The average Bonchev–Trinajstić information content (AvgIpc) is 3.21. The third-order valence-electron chi connectivity index (χ3n) is 11.5. The second kappa shape index (κ2) is 8.57. The number of pyridine rings is 1. The van der Waals surface area contributed by atoms with Gasteiger partial charge in [0, 0.05) is 18.4 Å². The molecule has 2 saturated carbocycles. The van der Waals surface area contributed by atoms with E-state index in [-0.39, 0.29) is 11.3 Å². The van der Waals surface area contributed by atoms with Crippen LogP contribution in [0.4, 0.5) is 0 Å². The van der Waals surface area contributed by atoms with Gasteiger partial charge >= 0.3 is 5.97 Å². The Labute approximate surface area is 210 Å². The van der Waals surface area contributed by atoms with Crippen molar-refractivity contribution in [3.05, 3.63) is 47.8 Å². The first-order chi connectivity index (χ1) is 16.8. The van der Waals surface area contributed by atoms with Crippen LogP contribution in [0, 0.1) is 40.4 Å². The first kappa shape index (κ1) is 23.5. The molecule has 1 aliphatic heterocycles. The molecule has 4 heteroatoms. The molecule has 4 nitrogen and oxygen atoms in total. The molecule has 6 rings (SSSR count). The number of carbonyl (C=O) groups is 1.